The van der Waals surface area contributed by atoms with Crippen molar-refractivity contribution in [2.24, 2.45) is 5.92 Å². The number of nitrogens with zero attached hydrogens (tertiary/aromatic N) is 2. The molecule has 3 rings (SSSR count). The zero-order valence-electron chi connectivity index (χ0n) is 15.1. The van der Waals surface area contributed by atoms with E-state index >= 15 is 0 Å². The van der Waals surface area contributed by atoms with E-state index < -0.39 is 10.0 Å². The SMILES string of the molecule is COc1cc(NC(=O)C2CCN(S(=O)(=O)c3cnc[nH]3)CC2)cc(OC)c1. The number of piperidine rings is 1. The fraction of sp³-hybridized carbons (Fsp3) is 0.412. The second-order valence-electron chi connectivity index (χ2n) is 6.18. The molecule has 1 fully saturated rings. The number of hydrogen-bond donors (Lipinski definition) is 2. The minimum absolute atomic E-state index is 0.0638. The lowest BCUT2D eigenvalue weighted by atomic mass is 9.97. The van der Waals surface area contributed by atoms with Gasteiger partial charge in [-0.1, -0.05) is 0 Å². The van der Waals surface area contributed by atoms with Crippen LogP contribution in [0.5, 0.6) is 11.5 Å². The van der Waals surface area contributed by atoms with E-state index in [4.69, 9.17) is 9.47 Å². The van der Waals surface area contributed by atoms with Crippen LogP contribution in [0.2, 0.25) is 0 Å². The third-order valence-electron chi connectivity index (χ3n) is 4.53. The Bertz CT molecular complexity index is 868. The molecule has 2 aromatic rings. The van der Waals surface area contributed by atoms with Gasteiger partial charge in [0.05, 0.1) is 26.7 Å². The summed E-state index contributed by atoms with van der Waals surface area (Å²) >= 11 is 0. The Morgan fingerprint density at radius 3 is 2.33 bits per heavy atom. The van der Waals surface area contributed by atoms with Gasteiger partial charge < -0.3 is 19.8 Å². The third kappa shape index (κ3) is 4.22. The Labute approximate surface area is 157 Å². The fourth-order valence-electron chi connectivity index (χ4n) is 3.01. The van der Waals surface area contributed by atoms with Crippen LogP contribution in [0.25, 0.3) is 0 Å². The molecule has 27 heavy (non-hydrogen) atoms. The van der Waals surface area contributed by atoms with Crippen LogP contribution in [0.15, 0.2) is 35.7 Å². The van der Waals surface area contributed by atoms with Gasteiger partial charge in [-0.2, -0.15) is 4.31 Å². The van der Waals surface area contributed by atoms with Crippen LogP contribution in [-0.2, 0) is 14.8 Å². The van der Waals surface area contributed by atoms with E-state index in [1.54, 1.807) is 18.2 Å². The van der Waals surface area contributed by atoms with Crippen molar-refractivity contribution >= 4 is 21.6 Å². The van der Waals surface area contributed by atoms with Crippen LogP contribution in [0.4, 0.5) is 5.69 Å². The van der Waals surface area contributed by atoms with Gasteiger partial charge >= 0.3 is 0 Å². The molecule has 0 unspecified atom stereocenters. The van der Waals surface area contributed by atoms with Crippen LogP contribution < -0.4 is 14.8 Å². The second kappa shape index (κ2) is 7.97. The lowest BCUT2D eigenvalue weighted by Gasteiger charge is -2.30. The quantitative estimate of drug-likeness (QED) is 0.767. The standard InChI is InChI=1S/C17H22N4O5S/c1-25-14-7-13(8-15(9-14)26-2)20-17(22)12-3-5-21(6-4-12)27(23,24)16-10-18-11-19-16/h7-12H,3-6H2,1-2H3,(H,18,19)(H,20,22). The Morgan fingerprint density at radius 1 is 1.19 bits per heavy atom. The third-order valence-corrected chi connectivity index (χ3v) is 6.36. The molecule has 1 aromatic heterocycles. The van der Waals surface area contributed by atoms with Gasteiger partial charge in [0.1, 0.15) is 11.5 Å². The minimum atomic E-state index is -3.59. The molecule has 0 aliphatic carbocycles. The van der Waals surface area contributed by atoms with E-state index in [1.807, 2.05) is 0 Å². The monoisotopic (exact) mass is 394 g/mol. The van der Waals surface area contributed by atoms with Gasteiger partial charge in [-0.15, -0.1) is 0 Å². The summed E-state index contributed by atoms with van der Waals surface area (Å²) in [4.78, 5) is 18.9. The molecule has 1 aliphatic heterocycles. The first kappa shape index (κ1) is 19.2. The number of methoxy groups -OCH3 is 2. The average molecular weight is 394 g/mol. The van der Waals surface area contributed by atoms with Crippen LogP contribution in [-0.4, -0.2) is 55.9 Å². The van der Waals surface area contributed by atoms with Crippen molar-refractivity contribution in [2.75, 3.05) is 32.6 Å². The molecule has 1 aliphatic rings. The number of rotatable bonds is 6. The van der Waals surface area contributed by atoms with Crippen molar-refractivity contribution in [3.05, 3.63) is 30.7 Å². The summed E-state index contributed by atoms with van der Waals surface area (Å²) in [6, 6.07) is 5.13. The Morgan fingerprint density at radius 2 is 1.81 bits per heavy atom. The number of carbonyl (C=O) groups excluding carboxylic acids is 1. The number of aromatic amines is 1. The summed E-state index contributed by atoms with van der Waals surface area (Å²) in [5.74, 6) is 0.731. The highest BCUT2D eigenvalue weighted by molar-refractivity contribution is 7.89. The average Bonchev–Trinajstić information content (AvgIpc) is 3.23. The summed E-state index contributed by atoms with van der Waals surface area (Å²) in [6.45, 7) is 0.557. The molecule has 1 amide bonds. The molecule has 9 nitrogen and oxygen atoms in total. The van der Waals surface area contributed by atoms with E-state index in [0.29, 0.717) is 30.0 Å². The molecular formula is C17H22N4O5S. The number of ether oxygens (including phenoxy) is 2. The molecule has 10 heteroatoms. The maximum absolute atomic E-state index is 12.6. The number of anilines is 1. The summed E-state index contributed by atoms with van der Waals surface area (Å²) in [6.07, 6.45) is 3.50. The molecule has 146 valence electrons. The number of nitrogens with one attached hydrogen (secondary N) is 2. The normalized spacial score (nSPS) is 16.1. The number of carbonyl (C=O) groups is 1. The maximum Gasteiger partial charge on any atom is 0.260 e. The molecule has 2 N–H and O–H groups in total. The van der Waals surface area contributed by atoms with Gasteiger partial charge in [0.25, 0.3) is 10.0 Å². The van der Waals surface area contributed by atoms with Gasteiger partial charge in [-0.25, -0.2) is 13.4 Å². The van der Waals surface area contributed by atoms with Crippen LogP contribution in [0.1, 0.15) is 12.8 Å². The van der Waals surface area contributed by atoms with E-state index in [9.17, 15) is 13.2 Å². The topological polar surface area (TPSA) is 114 Å². The number of sulfonamides is 1. The molecule has 1 aromatic carbocycles. The summed E-state index contributed by atoms with van der Waals surface area (Å²) < 4.78 is 36.7. The fourth-order valence-corrected chi connectivity index (χ4v) is 4.37. The van der Waals surface area contributed by atoms with Crippen molar-refractivity contribution in [2.45, 2.75) is 17.9 Å². The number of imidazole rings is 1. The molecular weight excluding hydrogens is 372 g/mol. The van der Waals surface area contributed by atoms with E-state index in [1.165, 1.54) is 31.0 Å². The molecule has 2 heterocycles. The molecule has 0 atom stereocenters. The summed E-state index contributed by atoms with van der Waals surface area (Å²) in [5, 5.41) is 2.92. The van der Waals surface area contributed by atoms with Crippen molar-refractivity contribution < 1.29 is 22.7 Å². The number of aromatic nitrogens is 2. The molecule has 0 radical (unpaired) electrons. The van der Waals surface area contributed by atoms with E-state index in [0.717, 1.165) is 0 Å². The number of H-pyrrole nitrogens is 1. The molecule has 0 saturated carbocycles. The molecule has 1 saturated heterocycles. The highest BCUT2D eigenvalue weighted by Crippen LogP contribution is 2.28. The second-order valence-corrected chi connectivity index (χ2v) is 8.09. The number of benzene rings is 1. The highest BCUT2D eigenvalue weighted by Gasteiger charge is 2.32. The first-order valence-electron chi connectivity index (χ1n) is 8.46. The van der Waals surface area contributed by atoms with Gasteiger partial charge in [-0.3, -0.25) is 4.79 Å². The van der Waals surface area contributed by atoms with Gasteiger partial charge in [0, 0.05) is 42.9 Å². The minimum Gasteiger partial charge on any atom is -0.497 e. The van der Waals surface area contributed by atoms with Crippen LogP contribution in [0, 0.1) is 5.92 Å². The highest BCUT2D eigenvalue weighted by atomic mass is 32.2. The predicted molar refractivity (Wildman–Crippen MR) is 98.2 cm³/mol. The van der Waals surface area contributed by atoms with Gasteiger partial charge in [0.15, 0.2) is 5.03 Å². The molecule has 0 bridgehead atoms. The van der Waals surface area contributed by atoms with Crippen LogP contribution in [0.3, 0.4) is 0 Å². The van der Waals surface area contributed by atoms with Crippen molar-refractivity contribution in [1.29, 1.82) is 0 Å². The number of hydrogen-bond acceptors (Lipinski definition) is 6. The Kier molecular flexibility index (Phi) is 5.66. The first-order chi connectivity index (χ1) is 12.9. The zero-order chi connectivity index (χ0) is 19.4. The van der Waals surface area contributed by atoms with Gasteiger partial charge in [0.2, 0.25) is 5.91 Å². The molecule has 0 spiro atoms. The van der Waals surface area contributed by atoms with E-state index in [-0.39, 0.29) is 29.9 Å². The van der Waals surface area contributed by atoms with Crippen molar-refractivity contribution in [3.63, 3.8) is 0 Å². The predicted octanol–water partition coefficient (Wildman–Crippen LogP) is 1.47. The van der Waals surface area contributed by atoms with Crippen molar-refractivity contribution in [1.82, 2.24) is 14.3 Å². The summed E-state index contributed by atoms with van der Waals surface area (Å²) in [5.41, 5.74) is 0.573. The lowest BCUT2D eigenvalue weighted by Crippen LogP contribution is -2.41. The lowest BCUT2D eigenvalue weighted by molar-refractivity contribution is -0.120. The summed E-state index contributed by atoms with van der Waals surface area (Å²) in [7, 11) is -0.518. The van der Waals surface area contributed by atoms with E-state index in [2.05, 4.69) is 15.3 Å². The maximum atomic E-state index is 12.6. The van der Waals surface area contributed by atoms with Crippen LogP contribution >= 0.6 is 0 Å². The van der Waals surface area contributed by atoms with Crippen molar-refractivity contribution in [3.8, 4) is 11.5 Å². The Balaban J connectivity index is 1.62. The smallest absolute Gasteiger partial charge is 0.260 e. The Hall–Kier alpha value is -2.59. The number of amides is 1. The largest absolute Gasteiger partial charge is 0.497 e. The van der Waals surface area contributed by atoms with Gasteiger partial charge in [-0.05, 0) is 12.8 Å². The zero-order valence-corrected chi connectivity index (χ0v) is 16.0. The first-order valence-corrected chi connectivity index (χ1v) is 9.90.